The van der Waals surface area contributed by atoms with Gasteiger partial charge >= 0.3 is 0 Å². The average molecular weight is 351 g/mol. The smallest absolute Gasteiger partial charge is 0.228 e. The molecule has 1 aromatic carbocycles. The number of carbonyl (C=O) groups is 1. The fourth-order valence-corrected chi connectivity index (χ4v) is 5.16. The molecule has 25 heavy (non-hydrogen) atoms. The van der Waals surface area contributed by atoms with E-state index in [9.17, 15) is 4.79 Å². The fraction of sp³-hybridized carbons (Fsp3) is 0.400. The minimum Gasteiger partial charge on any atom is -0.338 e. The van der Waals surface area contributed by atoms with E-state index in [0.717, 1.165) is 46.7 Å². The minimum atomic E-state index is 0.170. The Balaban J connectivity index is 1.60. The maximum Gasteiger partial charge on any atom is 0.228 e. The summed E-state index contributed by atoms with van der Waals surface area (Å²) in [7, 11) is 0. The van der Waals surface area contributed by atoms with E-state index < -0.39 is 0 Å². The molecular weight excluding hydrogens is 330 g/mol. The predicted octanol–water partition coefficient (Wildman–Crippen LogP) is 4.76. The largest absolute Gasteiger partial charge is 0.338 e. The number of imidazole rings is 1. The first-order chi connectivity index (χ1) is 12.2. The summed E-state index contributed by atoms with van der Waals surface area (Å²) in [5.74, 6) is 1.76. The third-order valence-electron chi connectivity index (χ3n) is 5.48. The van der Waals surface area contributed by atoms with E-state index in [1.165, 1.54) is 23.3 Å². The van der Waals surface area contributed by atoms with Gasteiger partial charge in [-0.2, -0.15) is 0 Å². The maximum atomic E-state index is 12.5. The second-order valence-corrected chi connectivity index (χ2v) is 8.43. The minimum absolute atomic E-state index is 0.170. The molecule has 0 bridgehead atoms. The van der Waals surface area contributed by atoms with Gasteiger partial charge in [0.15, 0.2) is 0 Å². The number of aromatic nitrogens is 2. The van der Waals surface area contributed by atoms with Crippen molar-refractivity contribution in [1.82, 2.24) is 9.97 Å². The van der Waals surface area contributed by atoms with E-state index in [-0.39, 0.29) is 11.8 Å². The van der Waals surface area contributed by atoms with E-state index in [1.54, 1.807) is 11.3 Å². The molecule has 2 atom stereocenters. The molecule has 2 N–H and O–H groups in total. The highest BCUT2D eigenvalue weighted by Crippen LogP contribution is 2.45. The quantitative estimate of drug-likeness (QED) is 0.714. The second-order valence-electron chi connectivity index (χ2n) is 7.33. The summed E-state index contributed by atoms with van der Waals surface area (Å²) in [6, 6.07) is 8.10. The molecule has 0 radical (unpaired) electrons. The summed E-state index contributed by atoms with van der Waals surface area (Å²) in [5, 5.41) is 4.20. The van der Waals surface area contributed by atoms with Crippen LogP contribution in [0.15, 0.2) is 24.3 Å². The van der Waals surface area contributed by atoms with Crippen LogP contribution >= 0.6 is 11.3 Å². The van der Waals surface area contributed by atoms with Crippen LogP contribution in [0.3, 0.4) is 0 Å². The average Bonchev–Trinajstić information content (AvgIpc) is 3.05. The van der Waals surface area contributed by atoms with Gasteiger partial charge in [-0.3, -0.25) is 4.79 Å². The zero-order valence-electron chi connectivity index (χ0n) is 14.3. The normalized spacial score (nSPS) is 22.0. The van der Waals surface area contributed by atoms with Crippen LogP contribution in [0.5, 0.6) is 0 Å². The van der Waals surface area contributed by atoms with Gasteiger partial charge in [-0.1, -0.05) is 19.1 Å². The third-order valence-corrected chi connectivity index (χ3v) is 6.69. The molecule has 5 rings (SSSR count). The fourth-order valence-electron chi connectivity index (χ4n) is 3.87. The summed E-state index contributed by atoms with van der Waals surface area (Å²) in [5.41, 5.74) is 4.52. The number of aryl methyl sites for hydroxylation is 1. The maximum absolute atomic E-state index is 12.5. The van der Waals surface area contributed by atoms with Crippen molar-refractivity contribution in [3.63, 3.8) is 0 Å². The highest BCUT2D eigenvalue weighted by atomic mass is 32.1. The molecule has 0 saturated heterocycles. The summed E-state index contributed by atoms with van der Waals surface area (Å²) < 4.78 is 0. The first-order valence-corrected chi connectivity index (χ1v) is 9.93. The van der Waals surface area contributed by atoms with Crippen molar-refractivity contribution in [2.45, 2.75) is 39.0 Å². The van der Waals surface area contributed by atoms with Crippen LogP contribution in [0.2, 0.25) is 0 Å². The number of nitrogens with one attached hydrogen (secondary N) is 2. The lowest BCUT2D eigenvalue weighted by Crippen LogP contribution is -2.14. The van der Waals surface area contributed by atoms with E-state index in [2.05, 4.69) is 23.3 Å². The molecule has 128 valence electrons. The summed E-state index contributed by atoms with van der Waals surface area (Å²) in [6.07, 6.45) is 5.65. The number of hydrogen-bond donors (Lipinski definition) is 2. The lowest BCUT2D eigenvalue weighted by atomic mass is 9.95. The SMILES string of the molecule is CC1CC1C(=O)Nc1sc2c(c1-c1nc3ccccc3[nH]1)CCCC2. The van der Waals surface area contributed by atoms with Gasteiger partial charge in [-0.15, -0.1) is 11.3 Å². The van der Waals surface area contributed by atoms with Crippen molar-refractivity contribution < 1.29 is 4.79 Å². The lowest BCUT2D eigenvalue weighted by molar-refractivity contribution is -0.117. The van der Waals surface area contributed by atoms with Crippen LogP contribution < -0.4 is 5.32 Å². The van der Waals surface area contributed by atoms with E-state index in [0.29, 0.717) is 5.92 Å². The number of anilines is 1. The second kappa shape index (κ2) is 5.70. The van der Waals surface area contributed by atoms with Gasteiger partial charge in [-0.05, 0) is 55.7 Å². The topological polar surface area (TPSA) is 57.8 Å². The Morgan fingerprint density at radius 3 is 2.88 bits per heavy atom. The van der Waals surface area contributed by atoms with Crippen molar-refractivity contribution in [3.05, 3.63) is 34.7 Å². The number of aromatic amines is 1. The van der Waals surface area contributed by atoms with Gasteiger partial charge in [0.2, 0.25) is 5.91 Å². The zero-order valence-corrected chi connectivity index (χ0v) is 15.1. The van der Waals surface area contributed by atoms with Gasteiger partial charge < -0.3 is 10.3 Å². The van der Waals surface area contributed by atoms with E-state index in [1.807, 2.05) is 18.2 Å². The van der Waals surface area contributed by atoms with Crippen LogP contribution in [0, 0.1) is 11.8 Å². The Labute approximate surface area is 150 Å². The van der Waals surface area contributed by atoms with Crippen molar-refractivity contribution in [3.8, 4) is 11.4 Å². The first-order valence-electron chi connectivity index (χ1n) is 9.11. The van der Waals surface area contributed by atoms with Crippen LogP contribution in [-0.2, 0) is 17.6 Å². The van der Waals surface area contributed by atoms with Crippen LogP contribution in [0.4, 0.5) is 5.00 Å². The number of fused-ring (bicyclic) bond motifs is 2. The monoisotopic (exact) mass is 351 g/mol. The number of para-hydroxylation sites is 2. The molecule has 2 unspecified atom stereocenters. The first kappa shape index (κ1) is 15.1. The highest BCUT2D eigenvalue weighted by molar-refractivity contribution is 7.17. The zero-order chi connectivity index (χ0) is 17.0. The summed E-state index contributed by atoms with van der Waals surface area (Å²) in [4.78, 5) is 22.2. The molecule has 3 aromatic rings. The molecule has 4 nitrogen and oxygen atoms in total. The Kier molecular flexibility index (Phi) is 3.45. The summed E-state index contributed by atoms with van der Waals surface area (Å²) >= 11 is 1.75. The molecule has 1 saturated carbocycles. The van der Waals surface area contributed by atoms with Crippen molar-refractivity contribution in [1.29, 1.82) is 0 Å². The Morgan fingerprint density at radius 2 is 2.08 bits per heavy atom. The number of amides is 1. The number of benzene rings is 1. The molecule has 0 aliphatic heterocycles. The molecular formula is C20H21N3OS. The van der Waals surface area contributed by atoms with Crippen molar-refractivity contribution in [2.75, 3.05) is 5.32 Å². The highest BCUT2D eigenvalue weighted by Gasteiger charge is 2.39. The van der Waals surface area contributed by atoms with Gasteiger partial charge in [0.1, 0.15) is 10.8 Å². The molecule has 5 heteroatoms. The van der Waals surface area contributed by atoms with Crippen LogP contribution in [-0.4, -0.2) is 15.9 Å². The Hall–Kier alpha value is -2.14. The van der Waals surface area contributed by atoms with Crippen LogP contribution in [0.25, 0.3) is 22.4 Å². The summed E-state index contributed by atoms with van der Waals surface area (Å²) in [6.45, 7) is 2.14. The van der Waals surface area contributed by atoms with Gasteiger partial charge in [0.25, 0.3) is 0 Å². The van der Waals surface area contributed by atoms with E-state index in [4.69, 9.17) is 4.98 Å². The van der Waals surface area contributed by atoms with E-state index >= 15 is 0 Å². The number of thiophene rings is 1. The lowest BCUT2D eigenvalue weighted by Gasteiger charge is -2.12. The molecule has 0 spiro atoms. The van der Waals surface area contributed by atoms with Crippen LogP contribution in [0.1, 0.15) is 36.6 Å². The number of H-pyrrole nitrogens is 1. The van der Waals surface area contributed by atoms with Gasteiger partial charge in [-0.25, -0.2) is 4.98 Å². The molecule has 1 amide bonds. The molecule has 2 heterocycles. The van der Waals surface area contributed by atoms with Gasteiger partial charge in [0.05, 0.1) is 16.6 Å². The predicted molar refractivity (Wildman–Crippen MR) is 102 cm³/mol. The number of nitrogens with zero attached hydrogens (tertiary/aromatic N) is 1. The number of rotatable bonds is 3. The van der Waals surface area contributed by atoms with Gasteiger partial charge in [0, 0.05) is 10.8 Å². The Bertz CT molecular complexity index is 938. The Morgan fingerprint density at radius 1 is 1.28 bits per heavy atom. The third kappa shape index (κ3) is 2.58. The molecule has 2 aromatic heterocycles. The molecule has 2 aliphatic carbocycles. The van der Waals surface area contributed by atoms with Crippen molar-refractivity contribution >= 4 is 33.3 Å². The molecule has 2 aliphatic rings. The van der Waals surface area contributed by atoms with Crippen molar-refractivity contribution in [2.24, 2.45) is 11.8 Å². The molecule has 1 fully saturated rings. The number of carbonyl (C=O) groups excluding carboxylic acids is 1. The number of hydrogen-bond acceptors (Lipinski definition) is 3. The standard InChI is InChI=1S/C20H21N3OS/c1-11-10-13(11)19(24)23-20-17(12-6-2-5-9-16(12)25-20)18-21-14-7-3-4-8-15(14)22-18/h3-4,7-8,11,13H,2,5-6,9-10H2,1H3,(H,21,22)(H,23,24).